The zero-order valence-corrected chi connectivity index (χ0v) is 41.7. The molecule has 15 heteroatoms. The molecule has 0 bridgehead atoms. The largest absolute Gasteiger partial charge is 0.461 e. The van der Waals surface area contributed by atoms with Crippen molar-refractivity contribution in [1.29, 1.82) is 0 Å². The van der Waals surface area contributed by atoms with Crippen LogP contribution in [-0.2, 0) is 9.53 Å². The number of cyclic esters (lactones) is 1. The van der Waals surface area contributed by atoms with Crippen LogP contribution in [0.5, 0.6) is 0 Å². The molecular weight excluding hydrogens is 847 g/mol. The topological polar surface area (TPSA) is 293 Å². The number of carbonyl (C=O) groups is 1. The summed E-state index contributed by atoms with van der Waals surface area (Å²) >= 11 is 0. The van der Waals surface area contributed by atoms with Gasteiger partial charge in [0.25, 0.3) is 0 Å². The highest BCUT2D eigenvalue weighted by molar-refractivity contribution is 5.75. The van der Waals surface area contributed by atoms with Gasteiger partial charge in [0.1, 0.15) is 6.10 Å². The van der Waals surface area contributed by atoms with Gasteiger partial charge in [0.15, 0.2) is 5.96 Å². The van der Waals surface area contributed by atoms with Crippen molar-refractivity contribution in [2.24, 2.45) is 40.1 Å². The lowest BCUT2D eigenvalue weighted by molar-refractivity contribution is -0.167. The number of allylic oxidation sites excluding steroid dienone is 1. The number of aliphatic imine (C=N–C) groups is 1. The Morgan fingerprint density at radius 3 is 1.89 bits per heavy atom. The van der Waals surface area contributed by atoms with Gasteiger partial charge in [0, 0.05) is 18.4 Å². The van der Waals surface area contributed by atoms with Crippen LogP contribution in [0.2, 0.25) is 0 Å². The molecule has 14 N–H and O–H groups in total. The van der Waals surface area contributed by atoms with Crippen LogP contribution in [-0.4, -0.2) is 137 Å². The molecule has 66 heavy (non-hydrogen) atoms. The molecule has 0 radical (unpaired) electrons. The van der Waals surface area contributed by atoms with Crippen LogP contribution < -0.4 is 11.5 Å². The molecule has 0 aromatic heterocycles. The van der Waals surface area contributed by atoms with Gasteiger partial charge in [-0.25, -0.2) is 0 Å². The molecule has 388 valence electrons. The van der Waals surface area contributed by atoms with Crippen molar-refractivity contribution in [2.45, 2.75) is 256 Å². The Kier molecular flexibility index (Phi) is 32.8. The number of guanidine groups is 1. The summed E-state index contributed by atoms with van der Waals surface area (Å²) in [4.78, 5) is 18.3. The van der Waals surface area contributed by atoms with Crippen LogP contribution >= 0.6 is 0 Å². The first-order valence-electron chi connectivity index (χ1n) is 25.5. The van der Waals surface area contributed by atoms with E-state index in [2.05, 4.69) is 18.0 Å². The summed E-state index contributed by atoms with van der Waals surface area (Å²) in [6.07, 6.45) is 5.18. The second kappa shape index (κ2) is 35.0. The third-order valence-electron chi connectivity index (χ3n) is 13.6. The smallest absolute Gasteiger partial charge is 0.311 e. The summed E-state index contributed by atoms with van der Waals surface area (Å²) in [5, 5.41) is 108. The summed E-state index contributed by atoms with van der Waals surface area (Å²) in [7, 11) is 0. The van der Waals surface area contributed by atoms with Crippen molar-refractivity contribution in [3.8, 4) is 0 Å². The molecule has 0 amide bonds. The van der Waals surface area contributed by atoms with E-state index in [1.54, 1.807) is 13.0 Å². The van der Waals surface area contributed by atoms with Crippen molar-refractivity contribution in [3.63, 3.8) is 0 Å². The zero-order valence-electron chi connectivity index (χ0n) is 41.7. The van der Waals surface area contributed by atoms with Crippen LogP contribution in [0, 0.1) is 23.7 Å². The average molecular weight is 944 g/mol. The number of aliphatic hydroxyl groups is 10. The van der Waals surface area contributed by atoms with Crippen molar-refractivity contribution >= 4 is 11.9 Å². The lowest BCUT2D eigenvalue weighted by Gasteiger charge is -2.34. The number of nitrogens with two attached hydrogens (primary N) is 2. The van der Waals surface area contributed by atoms with E-state index < -0.39 is 84.9 Å². The minimum atomic E-state index is -1.03. The van der Waals surface area contributed by atoms with Gasteiger partial charge in [-0.05, 0) is 147 Å². The molecule has 0 aromatic carbocycles. The number of hydrogen-bond donors (Lipinski definition) is 12. The number of ether oxygens (including phenoxy) is 1. The Hall–Kier alpha value is -2.18. The van der Waals surface area contributed by atoms with E-state index in [9.17, 15) is 55.9 Å². The third-order valence-corrected chi connectivity index (χ3v) is 13.6. The quantitative estimate of drug-likeness (QED) is 0.0441. The lowest BCUT2D eigenvalue weighted by Crippen LogP contribution is -2.42. The van der Waals surface area contributed by atoms with Crippen LogP contribution in [0.1, 0.15) is 189 Å². The zero-order chi connectivity index (χ0) is 49.8. The SMILES string of the molecule is CCCCC[C@@H]1C(=O)O[C@@H]([C@H](C)[C@H](O)CCCN=C(N)N)[C@@H](C)/C=C(\C)CCCC[C@H](O)C[C@H](O)C[C@H](O)C[C@H](O)C[C@@H](O)C/C=C(/C)[C@@H](O)CCC[C@H](O)CCC[C@H](O)CC[C@@H](C)[C@@H]1O. The van der Waals surface area contributed by atoms with Crippen molar-refractivity contribution in [3.05, 3.63) is 23.3 Å². The molecule has 0 aromatic rings. The molecule has 1 heterocycles. The van der Waals surface area contributed by atoms with Crippen LogP contribution in [0.3, 0.4) is 0 Å². The first kappa shape index (κ1) is 61.8. The van der Waals surface area contributed by atoms with E-state index in [0.29, 0.717) is 102 Å². The minimum absolute atomic E-state index is 0.0122. The standard InChI is InChI=1S/C51H97N3O12/c1-7-8-9-20-45-48(64)35(4)24-25-39(56)18-12-17-38(55)19-13-21-46(62)34(3)23-26-41(58)30-43(60)32-44(61)31-42(59)29-40(57)16-11-10-15-33(2)28-36(5)49(66-50(45)65)37(6)47(63)22-14-27-54-51(52)53/h23,28,35-49,55-64H,7-22,24-27,29-32H2,1-6H3,(H4,52,53,54)/b33-28+,34-23-/t35-,36+,37-,38-,39+,40+,41+,42+,43-,44+,45+,46+,47-,48+,49-/m1/s1. The Labute approximate surface area is 397 Å². The molecular formula is C51H97N3O12. The monoisotopic (exact) mass is 944 g/mol. The fourth-order valence-electron chi connectivity index (χ4n) is 9.25. The first-order valence-corrected chi connectivity index (χ1v) is 25.5. The Morgan fingerprint density at radius 2 is 1.29 bits per heavy atom. The van der Waals surface area contributed by atoms with Gasteiger partial charge in [-0.2, -0.15) is 0 Å². The summed E-state index contributed by atoms with van der Waals surface area (Å²) in [5.74, 6) is -2.42. The maximum absolute atomic E-state index is 14.2. The summed E-state index contributed by atoms with van der Waals surface area (Å²) in [5.41, 5.74) is 12.7. The normalized spacial score (nSPS) is 35.5. The summed E-state index contributed by atoms with van der Waals surface area (Å²) in [6, 6.07) is 0. The van der Waals surface area contributed by atoms with Gasteiger partial charge < -0.3 is 67.3 Å². The number of nitrogens with zero attached hydrogens (tertiary/aromatic N) is 1. The number of carbonyl (C=O) groups excluding carboxylic acids is 1. The predicted octanol–water partition coefficient (Wildman–Crippen LogP) is 5.20. The molecule has 0 spiro atoms. The van der Waals surface area contributed by atoms with Crippen LogP contribution in [0.25, 0.3) is 0 Å². The number of unbranched alkanes of at least 4 members (excludes halogenated alkanes) is 2. The molecule has 15 atom stereocenters. The van der Waals surface area contributed by atoms with Gasteiger partial charge in [-0.15, -0.1) is 0 Å². The van der Waals surface area contributed by atoms with Crippen molar-refractivity contribution in [2.75, 3.05) is 6.54 Å². The molecule has 15 nitrogen and oxygen atoms in total. The highest BCUT2D eigenvalue weighted by Crippen LogP contribution is 2.31. The second-order valence-corrected chi connectivity index (χ2v) is 20.1. The van der Waals surface area contributed by atoms with Gasteiger partial charge in [-0.3, -0.25) is 9.79 Å². The summed E-state index contributed by atoms with van der Waals surface area (Å²) in [6.45, 7) is 11.9. The molecule has 0 saturated heterocycles. The van der Waals surface area contributed by atoms with Gasteiger partial charge in [0.2, 0.25) is 0 Å². The van der Waals surface area contributed by atoms with Crippen LogP contribution in [0.4, 0.5) is 0 Å². The molecule has 0 unspecified atom stereocenters. The van der Waals surface area contributed by atoms with E-state index in [-0.39, 0.29) is 49.9 Å². The average Bonchev–Trinajstić information content (AvgIpc) is 3.24. The fraction of sp³-hybridized carbons (Fsp3) is 0.882. The number of rotatable bonds is 10. The highest BCUT2D eigenvalue weighted by Gasteiger charge is 2.37. The van der Waals surface area contributed by atoms with E-state index in [0.717, 1.165) is 31.3 Å². The third kappa shape index (κ3) is 27.7. The van der Waals surface area contributed by atoms with E-state index >= 15 is 0 Å². The van der Waals surface area contributed by atoms with Gasteiger partial charge in [0.05, 0.1) is 67.0 Å². The highest BCUT2D eigenvalue weighted by atomic mass is 16.5. The number of esters is 1. The molecule has 0 fully saturated rings. The van der Waals surface area contributed by atoms with Crippen molar-refractivity contribution < 1.29 is 60.6 Å². The summed E-state index contributed by atoms with van der Waals surface area (Å²) < 4.78 is 6.36. The molecule has 0 aliphatic carbocycles. The Balaban J connectivity index is 3.28. The first-order chi connectivity index (χ1) is 31.1. The van der Waals surface area contributed by atoms with Gasteiger partial charge >= 0.3 is 5.97 Å². The second-order valence-electron chi connectivity index (χ2n) is 20.1. The number of aliphatic hydroxyl groups excluding tert-OH is 10. The minimum Gasteiger partial charge on any atom is -0.461 e. The molecule has 0 saturated carbocycles. The number of hydrogen-bond acceptors (Lipinski definition) is 13. The molecule has 1 aliphatic heterocycles. The Bertz CT molecular complexity index is 1360. The van der Waals surface area contributed by atoms with E-state index in [4.69, 9.17) is 16.2 Å². The van der Waals surface area contributed by atoms with Crippen molar-refractivity contribution in [1.82, 2.24) is 0 Å². The van der Waals surface area contributed by atoms with Gasteiger partial charge in [-0.1, -0.05) is 71.1 Å². The maximum Gasteiger partial charge on any atom is 0.311 e. The van der Waals surface area contributed by atoms with E-state index in [1.807, 2.05) is 27.7 Å². The fourth-order valence-corrected chi connectivity index (χ4v) is 9.25. The molecule has 1 aliphatic rings. The maximum atomic E-state index is 14.2. The van der Waals surface area contributed by atoms with E-state index in [1.165, 1.54) is 0 Å². The Morgan fingerprint density at radius 1 is 0.727 bits per heavy atom. The van der Waals surface area contributed by atoms with Crippen LogP contribution in [0.15, 0.2) is 28.3 Å². The molecule has 1 rings (SSSR count). The lowest BCUT2D eigenvalue weighted by atomic mass is 9.83. The predicted molar refractivity (Wildman–Crippen MR) is 261 cm³/mol.